The zero-order valence-corrected chi connectivity index (χ0v) is 10.4. The number of hydrogen-bond acceptors (Lipinski definition) is 5. The van der Waals surface area contributed by atoms with E-state index in [1.54, 1.807) is 13.0 Å². The standard InChI is InChI=1S/C12H17NO5/c1-3-17-6-9(14)7-18-10-5-4-8(2)13-11(10)12(15)16/h4-5,9,14H,3,6-7H2,1-2H3,(H,15,16). The molecule has 0 fully saturated rings. The van der Waals surface area contributed by atoms with Crippen LogP contribution in [-0.2, 0) is 4.74 Å². The van der Waals surface area contributed by atoms with Crippen molar-refractivity contribution in [3.63, 3.8) is 0 Å². The first kappa shape index (κ1) is 14.4. The summed E-state index contributed by atoms with van der Waals surface area (Å²) in [5.74, 6) is -1.02. The second-order valence-electron chi connectivity index (χ2n) is 3.73. The van der Waals surface area contributed by atoms with E-state index in [4.69, 9.17) is 14.6 Å². The van der Waals surface area contributed by atoms with Crippen LogP contribution in [0.1, 0.15) is 23.1 Å². The fourth-order valence-electron chi connectivity index (χ4n) is 1.30. The van der Waals surface area contributed by atoms with E-state index in [-0.39, 0.29) is 24.7 Å². The van der Waals surface area contributed by atoms with Crippen molar-refractivity contribution in [3.05, 3.63) is 23.5 Å². The lowest BCUT2D eigenvalue weighted by Crippen LogP contribution is -2.24. The Balaban J connectivity index is 2.64. The van der Waals surface area contributed by atoms with E-state index in [2.05, 4.69) is 4.98 Å². The average Bonchev–Trinajstić information content (AvgIpc) is 2.34. The molecule has 0 saturated heterocycles. The number of aliphatic hydroxyl groups is 1. The van der Waals surface area contributed by atoms with Crippen LogP contribution in [0.5, 0.6) is 5.75 Å². The molecule has 0 bridgehead atoms. The number of nitrogens with zero attached hydrogens (tertiary/aromatic N) is 1. The maximum atomic E-state index is 11.0. The fraction of sp³-hybridized carbons (Fsp3) is 0.500. The minimum Gasteiger partial charge on any atom is -0.488 e. The van der Waals surface area contributed by atoms with Crippen LogP contribution in [0.25, 0.3) is 0 Å². The second-order valence-corrected chi connectivity index (χ2v) is 3.73. The number of aromatic carboxylic acids is 1. The van der Waals surface area contributed by atoms with Crippen molar-refractivity contribution in [1.82, 2.24) is 4.98 Å². The van der Waals surface area contributed by atoms with Crippen LogP contribution in [0.15, 0.2) is 12.1 Å². The molecular formula is C12H17NO5. The molecule has 1 aromatic heterocycles. The normalized spacial score (nSPS) is 12.2. The number of carbonyl (C=O) groups is 1. The van der Waals surface area contributed by atoms with Crippen LogP contribution in [0.2, 0.25) is 0 Å². The van der Waals surface area contributed by atoms with Crippen molar-refractivity contribution in [1.29, 1.82) is 0 Å². The summed E-state index contributed by atoms with van der Waals surface area (Å²) in [7, 11) is 0. The lowest BCUT2D eigenvalue weighted by atomic mass is 10.3. The van der Waals surface area contributed by atoms with Gasteiger partial charge < -0.3 is 19.7 Å². The lowest BCUT2D eigenvalue weighted by molar-refractivity contribution is 0.0159. The maximum absolute atomic E-state index is 11.0. The largest absolute Gasteiger partial charge is 0.488 e. The molecule has 1 aromatic rings. The van der Waals surface area contributed by atoms with E-state index in [1.165, 1.54) is 6.07 Å². The number of aliphatic hydroxyl groups excluding tert-OH is 1. The molecule has 1 atom stereocenters. The zero-order valence-electron chi connectivity index (χ0n) is 10.4. The minimum atomic E-state index is -1.16. The van der Waals surface area contributed by atoms with Gasteiger partial charge >= 0.3 is 5.97 Å². The number of aryl methyl sites for hydroxylation is 1. The Bertz CT molecular complexity index is 407. The number of hydrogen-bond donors (Lipinski definition) is 2. The monoisotopic (exact) mass is 255 g/mol. The van der Waals surface area contributed by atoms with Crippen LogP contribution >= 0.6 is 0 Å². The van der Waals surface area contributed by atoms with Gasteiger partial charge in [0, 0.05) is 12.3 Å². The predicted octanol–water partition coefficient (Wildman–Crippen LogP) is 0.864. The number of carboxylic acids is 1. The highest BCUT2D eigenvalue weighted by molar-refractivity contribution is 5.88. The molecule has 0 saturated carbocycles. The molecule has 1 unspecified atom stereocenters. The van der Waals surface area contributed by atoms with E-state index in [0.29, 0.717) is 12.3 Å². The maximum Gasteiger partial charge on any atom is 0.358 e. The van der Waals surface area contributed by atoms with Gasteiger partial charge in [-0.3, -0.25) is 0 Å². The molecule has 0 aliphatic heterocycles. The third-order valence-electron chi connectivity index (χ3n) is 2.15. The van der Waals surface area contributed by atoms with Gasteiger partial charge in [0.1, 0.15) is 12.7 Å². The third kappa shape index (κ3) is 4.31. The number of aromatic nitrogens is 1. The number of rotatable bonds is 7. The Morgan fingerprint density at radius 2 is 2.17 bits per heavy atom. The number of ether oxygens (including phenoxy) is 2. The van der Waals surface area contributed by atoms with E-state index < -0.39 is 12.1 Å². The molecule has 100 valence electrons. The molecule has 1 heterocycles. The third-order valence-corrected chi connectivity index (χ3v) is 2.15. The summed E-state index contributed by atoms with van der Waals surface area (Å²) in [6, 6.07) is 3.18. The Kier molecular flexibility index (Phi) is 5.54. The quantitative estimate of drug-likeness (QED) is 0.751. The van der Waals surface area contributed by atoms with Gasteiger partial charge in [-0.05, 0) is 26.0 Å². The smallest absolute Gasteiger partial charge is 0.358 e. The predicted molar refractivity (Wildman–Crippen MR) is 63.9 cm³/mol. The van der Waals surface area contributed by atoms with Crippen molar-refractivity contribution < 1.29 is 24.5 Å². The highest BCUT2D eigenvalue weighted by Gasteiger charge is 2.15. The molecule has 6 nitrogen and oxygen atoms in total. The van der Waals surface area contributed by atoms with E-state index in [9.17, 15) is 9.90 Å². The zero-order chi connectivity index (χ0) is 13.5. The van der Waals surface area contributed by atoms with Gasteiger partial charge in [-0.25, -0.2) is 9.78 Å². The molecular weight excluding hydrogens is 238 g/mol. The van der Waals surface area contributed by atoms with Crippen molar-refractivity contribution in [3.8, 4) is 5.75 Å². The molecule has 0 aliphatic carbocycles. The minimum absolute atomic E-state index is 0.0367. The van der Waals surface area contributed by atoms with Gasteiger partial charge in [-0.2, -0.15) is 0 Å². The molecule has 1 rings (SSSR count). The summed E-state index contributed by atoms with van der Waals surface area (Å²) in [6.07, 6.45) is -0.798. The van der Waals surface area contributed by atoms with E-state index in [1.807, 2.05) is 6.92 Å². The lowest BCUT2D eigenvalue weighted by Gasteiger charge is -2.13. The SMILES string of the molecule is CCOCC(O)COc1ccc(C)nc1C(=O)O. The molecule has 6 heteroatoms. The molecule has 0 spiro atoms. The first-order valence-electron chi connectivity index (χ1n) is 5.64. The number of pyridine rings is 1. The number of carboxylic acid groups (broad SMARTS) is 1. The van der Waals surface area contributed by atoms with Crippen LogP contribution < -0.4 is 4.74 Å². The van der Waals surface area contributed by atoms with Crippen molar-refractivity contribution >= 4 is 5.97 Å². The summed E-state index contributed by atoms with van der Waals surface area (Å²) >= 11 is 0. The summed E-state index contributed by atoms with van der Waals surface area (Å²) in [4.78, 5) is 14.8. The van der Waals surface area contributed by atoms with Crippen molar-refractivity contribution in [2.24, 2.45) is 0 Å². The topological polar surface area (TPSA) is 88.9 Å². The molecule has 0 radical (unpaired) electrons. The van der Waals surface area contributed by atoms with Gasteiger partial charge in [0.25, 0.3) is 0 Å². The van der Waals surface area contributed by atoms with E-state index >= 15 is 0 Å². The first-order chi connectivity index (χ1) is 8.54. The highest BCUT2D eigenvalue weighted by atomic mass is 16.5. The van der Waals surface area contributed by atoms with E-state index in [0.717, 1.165) is 0 Å². The van der Waals surface area contributed by atoms with Crippen molar-refractivity contribution in [2.45, 2.75) is 20.0 Å². The Morgan fingerprint density at radius 1 is 1.44 bits per heavy atom. The van der Waals surface area contributed by atoms with Crippen LogP contribution in [-0.4, -0.2) is 47.1 Å². The van der Waals surface area contributed by atoms with Crippen LogP contribution in [0.4, 0.5) is 0 Å². The van der Waals surface area contributed by atoms with Crippen LogP contribution in [0.3, 0.4) is 0 Å². The molecule has 0 amide bonds. The van der Waals surface area contributed by atoms with Gasteiger partial charge in [-0.1, -0.05) is 0 Å². The highest BCUT2D eigenvalue weighted by Crippen LogP contribution is 2.17. The summed E-state index contributed by atoms with van der Waals surface area (Å²) in [5.41, 5.74) is 0.438. The van der Waals surface area contributed by atoms with Gasteiger partial charge in [0.05, 0.1) is 6.61 Å². The molecule has 0 aliphatic rings. The van der Waals surface area contributed by atoms with Crippen molar-refractivity contribution in [2.75, 3.05) is 19.8 Å². The summed E-state index contributed by atoms with van der Waals surface area (Å²) in [6.45, 7) is 4.13. The average molecular weight is 255 g/mol. The summed E-state index contributed by atoms with van der Waals surface area (Å²) in [5, 5.41) is 18.5. The van der Waals surface area contributed by atoms with Gasteiger partial charge in [0.15, 0.2) is 11.4 Å². The fourth-order valence-corrected chi connectivity index (χ4v) is 1.30. The Morgan fingerprint density at radius 3 is 2.78 bits per heavy atom. The Labute approximate surface area is 105 Å². The molecule has 0 aromatic carbocycles. The van der Waals surface area contributed by atoms with Crippen LogP contribution in [0, 0.1) is 6.92 Å². The summed E-state index contributed by atoms with van der Waals surface area (Å²) < 4.78 is 10.3. The first-order valence-corrected chi connectivity index (χ1v) is 5.64. The molecule has 18 heavy (non-hydrogen) atoms. The van der Waals surface area contributed by atoms with Gasteiger partial charge in [-0.15, -0.1) is 0 Å². The second kappa shape index (κ2) is 6.93. The van der Waals surface area contributed by atoms with Gasteiger partial charge in [0.2, 0.25) is 0 Å². The molecule has 2 N–H and O–H groups in total. The Hall–Kier alpha value is -1.66.